The van der Waals surface area contributed by atoms with Crippen molar-refractivity contribution in [2.24, 2.45) is 4.99 Å². The SMILES string of the molecule is CCOC(=O)C1=C(CN(CCO)Cc2ccc(OC)cc2)NC(c2nccs2)=N[C@H]1c1ccc(F)cc1Br. The van der Waals surface area contributed by atoms with Crippen LogP contribution in [0.3, 0.4) is 0 Å². The summed E-state index contributed by atoms with van der Waals surface area (Å²) in [6, 6.07) is 11.2. The summed E-state index contributed by atoms with van der Waals surface area (Å²) in [6.45, 7) is 3.02. The minimum Gasteiger partial charge on any atom is -0.497 e. The van der Waals surface area contributed by atoms with Gasteiger partial charge in [0.2, 0.25) is 0 Å². The molecule has 0 amide bonds. The van der Waals surface area contributed by atoms with Gasteiger partial charge in [0.05, 0.1) is 25.9 Å². The van der Waals surface area contributed by atoms with Crippen LogP contribution >= 0.6 is 27.3 Å². The van der Waals surface area contributed by atoms with Crippen molar-refractivity contribution in [2.45, 2.75) is 19.5 Å². The van der Waals surface area contributed by atoms with Crippen molar-refractivity contribution in [2.75, 3.05) is 33.4 Å². The Kier molecular flexibility index (Phi) is 9.62. The number of nitrogens with zero attached hydrogens (tertiary/aromatic N) is 3. The molecule has 8 nitrogen and oxygen atoms in total. The molecule has 0 spiro atoms. The molecule has 0 radical (unpaired) electrons. The summed E-state index contributed by atoms with van der Waals surface area (Å²) < 4.78 is 25.1. The fourth-order valence-electron chi connectivity index (χ4n) is 4.14. The number of methoxy groups -OCH3 is 1. The number of rotatable bonds is 11. The van der Waals surface area contributed by atoms with Crippen molar-refractivity contribution in [3.05, 3.63) is 91.7 Å². The van der Waals surface area contributed by atoms with Crippen molar-refractivity contribution < 1.29 is 23.8 Å². The number of benzene rings is 2. The summed E-state index contributed by atoms with van der Waals surface area (Å²) in [6.07, 6.45) is 1.68. The van der Waals surface area contributed by atoms with Gasteiger partial charge in [0, 0.05) is 41.4 Å². The lowest BCUT2D eigenvalue weighted by Crippen LogP contribution is -2.40. The van der Waals surface area contributed by atoms with Crippen LogP contribution in [0.25, 0.3) is 0 Å². The highest BCUT2D eigenvalue weighted by molar-refractivity contribution is 9.10. The number of aromatic nitrogens is 1. The normalized spacial score (nSPS) is 15.3. The number of amidine groups is 1. The number of carbonyl (C=O) groups is 1. The Morgan fingerprint density at radius 1 is 1.24 bits per heavy atom. The molecule has 2 N–H and O–H groups in total. The molecule has 0 bridgehead atoms. The molecule has 200 valence electrons. The van der Waals surface area contributed by atoms with Crippen molar-refractivity contribution in [1.29, 1.82) is 0 Å². The molecule has 1 aliphatic rings. The van der Waals surface area contributed by atoms with E-state index in [1.807, 2.05) is 34.5 Å². The molecule has 0 saturated heterocycles. The van der Waals surface area contributed by atoms with Crippen LogP contribution in [0.1, 0.15) is 29.1 Å². The van der Waals surface area contributed by atoms with Gasteiger partial charge in [0.25, 0.3) is 0 Å². The monoisotopic (exact) mass is 602 g/mol. The number of aliphatic hydroxyl groups is 1. The van der Waals surface area contributed by atoms with Gasteiger partial charge >= 0.3 is 5.97 Å². The zero-order valence-electron chi connectivity index (χ0n) is 21.0. The maximum atomic E-state index is 14.0. The topological polar surface area (TPSA) is 96.3 Å². The summed E-state index contributed by atoms with van der Waals surface area (Å²) in [5.74, 6) is 0.319. The molecule has 0 fully saturated rings. The van der Waals surface area contributed by atoms with Gasteiger partial charge in [-0.05, 0) is 42.3 Å². The zero-order valence-corrected chi connectivity index (χ0v) is 23.4. The molecule has 2 aromatic carbocycles. The van der Waals surface area contributed by atoms with Crippen LogP contribution in [0, 0.1) is 5.82 Å². The highest BCUT2D eigenvalue weighted by Gasteiger charge is 2.34. The minimum absolute atomic E-state index is 0.0709. The van der Waals surface area contributed by atoms with Crippen LogP contribution in [-0.4, -0.2) is 60.2 Å². The van der Waals surface area contributed by atoms with E-state index in [2.05, 4.69) is 26.2 Å². The molecule has 3 aromatic rings. The fraction of sp³-hybridized carbons (Fsp3) is 0.296. The van der Waals surface area contributed by atoms with E-state index in [0.29, 0.717) is 51.8 Å². The molecule has 2 heterocycles. The van der Waals surface area contributed by atoms with Gasteiger partial charge in [-0.3, -0.25) is 9.89 Å². The molecule has 1 aromatic heterocycles. The summed E-state index contributed by atoms with van der Waals surface area (Å²) >= 11 is 4.86. The Morgan fingerprint density at radius 3 is 2.66 bits per heavy atom. The van der Waals surface area contributed by atoms with Crippen LogP contribution in [-0.2, 0) is 16.1 Å². The average molecular weight is 604 g/mol. The molecule has 1 aliphatic heterocycles. The summed E-state index contributed by atoms with van der Waals surface area (Å²) in [5.41, 5.74) is 2.52. The van der Waals surface area contributed by atoms with E-state index in [-0.39, 0.29) is 13.2 Å². The highest BCUT2D eigenvalue weighted by Crippen LogP contribution is 2.37. The number of aliphatic hydroxyl groups excluding tert-OH is 1. The number of hydrogen-bond donors (Lipinski definition) is 2. The molecule has 1 atom stereocenters. The number of aliphatic imine (C=N–C) groups is 1. The first-order valence-corrected chi connectivity index (χ1v) is 13.7. The fourth-order valence-corrected chi connectivity index (χ4v) is 5.29. The van der Waals surface area contributed by atoms with E-state index >= 15 is 0 Å². The smallest absolute Gasteiger partial charge is 0.338 e. The standard InChI is InChI=1S/C27H28BrFN4O4S/c1-3-37-27(35)23-22(16-33(11-12-34)15-17-4-7-19(36-2)8-5-17)31-25(26-30-10-13-38-26)32-24(23)20-9-6-18(29)14-21(20)28/h4-10,13-14,24,34H,3,11-12,15-16H2,1-2H3,(H,31,32)/t24-/m0/s1. The molecular formula is C27H28BrFN4O4S. The summed E-state index contributed by atoms with van der Waals surface area (Å²) in [5, 5.41) is 15.6. The Hall–Kier alpha value is -3.12. The molecule has 0 unspecified atom stereocenters. The number of carbonyl (C=O) groups excluding carboxylic acids is 1. The van der Waals surface area contributed by atoms with E-state index in [1.165, 1.54) is 23.5 Å². The first-order valence-electron chi connectivity index (χ1n) is 12.0. The summed E-state index contributed by atoms with van der Waals surface area (Å²) in [7, 11) is 1.61. The van der Waals surface area contributed by atoms with Crippen LogP contribution < -0.4 is 10.1 Å². The third kappa shape index (κ3) is 6.65. The molecule has 0 saturated carbocycles. The maximum Gasteiger partial charge on any atom is 0.338 e. The molecule has 38 heavy (non-hydrogen) atoms. The highest BCUT2D eigenvalue weighted by atomic mass is 79.9. The third-order valence-corrected chi connectivity index (χ3v) is 7.34. The number of nitrogens with one attached hydrogen (secondary N) is 1. The Labute approximate surface area is 233 Å². The second kappa shape index (κ2) is 13.1. The van der Waals surface area contributed by atoms with Crippen molar-refractivity contribution in [1.82, 2.24) is 15.2 Å². The molecule has 0 aliphatic carbocycles. The van der Waals surface area contributed by atoms with E-state index in [4.69, 9.17) is 14.5 Å². The maximum absolute atomic E-state index is 14.0. The Balaban J connectivity index is 1.77. The van der Waals surface area contributed by atoms with E-state index in [9.17, 15) is 14.3 Å². The first-order chi connectivity index (χ1) is 18.4. The van der Waals surface area contributed by atoms with Gasteiger partial charge in [0.15, 0.2) is 10.8 Å². The predicted octanol–water partition coefficient (Wildman–Crippen LogP) is 4.46. The van der Waals surface area contributed by atoms with Crippen LogP contribution in [0.2, 0.25) is 0 Å². The van der Waals surface area contributed by atoms with Crippen molar-refractivity contribution in [3.8, 4) is 5.75 Å². The van der Waals surface area contributed by atoms with Crippen molar-refractivity contribution in [3.63, 3.8) is 0 Å². The van der Waals surface area contributed by atoms with Crippen LogP contribution in [0.15, 0.2) is 74.8 Å². The van der Waals surface area contributed by atoms with Gasteiger partial charge in [-0.1, -0.05) is 34.1 Å². The zero-order chi connectivity index (χ0) is 27.1. The lowest BCUT2D eigenvalue weighted by molar-refractivity contribution is -0.139. The van der Waals surface area contributed by atoms with E-state index < -0.39 is 17.8 Å². The first kappa shape index (κ1) is 27.9. The predicted molar refractivity (Wildman–Crippen MR) is 148 cm³/mol. The van der Waals surface area contributed by atoms with Gasteiger partial charge in [0.1, 0.15) is 17.6 Å². The summed E-state index contributed by atoms with van der Waals surface area (Å²) in [4.78, 5) is 24.6. The largest absolute Gasteiger partial charge is 0.497 e. The lowest BCUT2D eigenvalue weighted by atomic mass is 9.95. The Morgan fingerprint density at radius 2 is 2.03 bits per heavy atom. The lowest BCUT2D eigenvalue weighted by Gasteiger charge is -2.31. The van der Waals surface area contributed by atoms with E-state index in [0.717, 1.165) is 11.3 Å². The minimum atomic E-state index is -0.767. The second-order valence-corrected chi connectivity index (χ2v) is 10.2. The number of esters is 1. The number of thiazole rings is 1. The number of hydrogen-bond acceptors (Lipinski definition) is 9. The average Bonchev–Trinajstić information content (AvgIpc) is 3.44. The quantitative estimate of drug-likeness (QED) is 0.313. The molecular weight excluding hydrogens is 575 g/mol. The Bertz CT molecular complexity index is 1320. The second-order valence-electron chi connectivity index (χ2n) is 8.40. The number of ether oxygens (including phenoxy) is 2. The molecule has 4 rings (SSSR count). The third-order valence-electron chi connectivity index (χ3n) is 5.88. The van der Waals surface area contributed by atoms with Crippen LogP contribution in [0.5, 0.6) is 5.75 Å². The van der Waals surface area contributed by atoms with Crippen LogP contribution in [0.4, 0.5) is 4.39 Å². The van der Waals surface area contributed by atoms with Gasteiger partial charge in [-0.25, -0.2) is 14.2 Å². The van der Waals surface area contributed by atoms with Gasteiger partial charge in [-0.15, -0.1) is 11.3 Å². The van der Waals surface area contributed by atoms with Gasteiger partial charge < -0.3 is 19.9 Å². The van der Waals surface area contributed by atoms with E-state index in [1.54, 1.807) is 26.3 Å². The van der Waals surface area contributed by atoms with Crippen molar-refractivity contribution >= 4 is 39.1 Å². The number of halogens is 2. The molecule has 11 heteroatoms. The van der Waals surface area contributed by atoms with Gasteiger partial charge in [-0.2, -0.15) is 0 Å².